The Morgan fingerprint density at radius 2 is 1.36 bits per heavy atom. The lowest BCUT2D eigenvalue weighted by Gasteiger charge is -2.23. The highest BCUT2D eigenvalue weighted by Crippen LogP contribution is 2.29. The lowest BCUT2D eigenvalue weighted by molar-refractivity contribution is -0.166. The maximum Gasteiger partial charge on any atom is 0.417 e. The number of aryl methyl sites for hydroxylation is 1. The van der Waals surface area contributed by atoms with Crippen molar-refractivity contribution in [3.05, 3.63) is 65.4 Å². The minimum Gasteiger partial charge on any atom is -0.457 e. The summed E-state index contributed by atoms with van der Waals surface area (Å²) in [6, 6.07) is 15.1. The fourth-order valence-corrected chi connectivity index (χ4v) is 5.64. The Morgan fingerprint density at radius 1 is 0.800 bits per heavy atom. The lowest BCUT2D eigenvalue weighted by atomic mass is 10.0. The van der Waals surface area contributed by atoms with Crippen molar-refractivity contribution in [2.24, 2.45) is 5.16 Å². The largest absolute Gasteiger partial charge is 0.457 e. The molecule has 10 heteroatoms. The minimum absolute atomic E-state index is 0.341. The Kier molecular flexibility index (Phi) is 13.0. The molecule has 0 saturated heterocycles. The number of oxime groups is 1. The van der Waals surface area contributed by atoms with Crippen LogP contribution in [0.3, 0.4) is 0 Å². The van der Waals surface area contributed by atoms with E-state index in [2.05, 4.69) is 17.1 Å². The zero-order valence-corrected chi connectivity index (χ0v) is 31.1. The molecule has 1 atom stereocenters. The van der Waals surface area contributed by atoms with Gasteiger partial charge in [-0.3, -0.25) is 4.79 Å². The summed E-state index contributed by atoms with van der Waals surface area (Å²) in [4.78, 5) is 53.0. The van der Waals surface area contributed by atoms with Crippen molar-refractivity contribution >= 4 is 23.7 Å². The number of nitrogens with one attached hydrogen (secondary N) is 1. The third-order valence-electron chi connectivity index (χ3n) is 8.27. The van der Waals surface area contributed by atoms with Crippen LogP contribution in [0.1, 0.15) is 128 Å². The summed E-state index contributed by atoms with van der Waals surface area (Å²) in [6.45, 7) is 13.0. The van der Waals surface area contributed by atoms with E-state index in [0.29, 0.717) is 17.7 Å². The number of hydrogen-bond acceptors (Lipinski definition) is 8. The van der Waals surface area contributed by atoms with Crippen LogP contribution in [-0.2, 0) is 25.5 Å². The van der Waals surface area contributed by atoms with E-state index in [-0.39, 0.29) is 0 Å². The molecule has 0 aliphatic carbocycles. The van der Waals surface area contributed by atoms with Crippen LogP contribution in [0, 0.1) is 0 Å². The number of benzene rings is 2. The van der Waals surface area contributed by atoms with Crippen LogP contribution in [0.15, 0.2) is 53.7 Å². The Hall–Kier alpha value is -4.47. The molecule has 1 aliphatic rings. The summed E-state index contributed by atoms with van der Waals surface area (Å²) in [7, 11) is 1.42. The van der Waals surface area contributed by atoms with Crippen molar-refractivity contribution in [2.45, 2.75) is 130 Å². The monoisotopic (exact) mass is 686 g/mol. The Balaban J connectivity index is 1.50. The predicted molar refractivity (Wildman–Crippen MR) is 196 cm³/mol. The number of H-pyrrole nitrogens is 1. The van der Waals surface area contributed by atoms with Crippen LogP contribution in [0.5, 0.6) is 0 Å². The molecule has 2 aromatic carbocycles. The van der Waals surface area contributed by atoms with Crippen molar-refractivity contribution in [1.82, 2.24) is 14.9 Å². The zero-order valence-electron chi connectivity index (χ0n) is 31.1. The minimum atomic E-state index is -0.755. The highest BCUT2D eigenvalue weighted by molar-refractivity contribution is 6.04. The number of unbranched alkanes of at least 4 members (excludes halogenated alkanes) is 7. The third-order valence-corrected chi connectivity index (χ3v) is 8.27. The lowest BCUT2D eigenvalue weighted by Crippen LogP contribution is -2.38. The fourth-order valence-electron chi connectivity index (χ4n) is 5.64. The summed E-state index contributed by atoms with van der Waals surface area (Å²) >= 11 is 0. The molecule has 0 saturated carbocycles. The van der Waals surface area contributed by atoms with Gasteiger partial charge in [0.05, 0.1) is 11.4 Å². The quantitative estimate of drug-likeness (QED) is 0.132. The zero-order chi connectivity index (χ0) is 36.5. The number of ether oxygens (including phenoxy) is 2. The van der Waals surface area contributed by atoms with E-state index < -0.39 is 35.3 Å². The summed E-state index contributed by atoms with van der Waals surface area (Å²) in [6.07, 6.45) is 9.54. The van der Waals surface area contributed by atoms with E-state index in [9.17, 15) is 14.4 Å². The summed E-state index contributed by atoms with van der Waals surface area (Å²) < 4.78 is 10.8. The van der Waals surface area contributed by atoms with Gasteiger partial charge < -0.3 is 19.3 Å². The molecule has 2 amide bonds. The van der Waals surface area contributed by atoms with Crippen molar-refractivity contribution < 1.29 is 28.7 Å². The predicted octanol–water partition coefficient (Wildman–Crippen LogP) is 9.27. The molecule has 50 heavy (non-hydrogen) atoms. The molecule has 0 bridgehead atoms. The standard InChI is InChI=1S/C40H54N4O6/c1-9-10-11-12-13-14-15-16-17-31-34(28-20-24-30(25-21-28)36(45)44(8)38(47)49-40(5,6)7)42-35(41-31)29-22-18-27(19-23-29)32-26-33(50-43-32)37(46)48-39(2,3)4/h18-25,33H,9-17,26H2,1-8H3,(H,41,42). The van der Waals surface area contributed by atoms with Crippen molar-refractivity contribution in [1.29, 1.82) is 0 Å². The van der Waals surface area contributed by atoms with Crippen LogP contribution in [0.4, 0.5) is 4.79 Å². The molecular weight excluding hydrogens is 632 g/mol. The number of hydrogen-bond donors (Lipinski definition) is 1. The van der Waals surface area contributed by atoms with Gasteiger partial charge in [-0.25, -0.2) is 19.5 Å². The number of imide groups is 1. The number of rotatable bonds is 14. The van der Waals surface area contributed by atoms with Crippen LogP contribution in [-0.4, -0.2) is 62.9 Å². The number of carbonyl (C=O) groups is 3. The number of esters is 1. The molecule has 10 nitrogen and oxygen atoms in total. The molecule has 1 N–H and O–H groups in total. The van der Waals surface area contributed by atoms with E-state index in [1.165, 1.54) is 45.6 Å². The van der Waals surface area contributed by atoms with E-state index in [0.717, 1.165) is 58.1 Å². The fraction of sp³-hybridized carbons (Fsp3) is 0.525. The molecule has 270 valence electrons. The maximum atomic E-state index is 13.1. The van der Waals surface area contributed by atoms with Gasteiger partial charge >= 0.3 is 12.1 Å². The first-order valence-electron chi connectivity index (χ1n) is 17.9. The van der Waals surface area contributed by atoms with Crippen LogP contribution < -0.4 is 0 Å². The number of amides is 2. The van der Waals surface area contributed by atoms with Crippen molar-refractivity contribution in [2.75, 3.05) is 7.05 Å². The van der Waals surface area contributed by atoms with Crippen LogP contribution in [0.25, 0.3) is 22.6 Å². The number of imidazole rings is 1. The third kappa shape index (κ3) is 11.0. The maximum absolute atomic E-state index is 13.1. The second-order valence-electron chi connectivity index (χ2n) is 15.0. The van der Waals surface area contributed by atoms with E-state index in [1.807, 2.05) is 57.2 Å². The average Bonchev–Trinajstić information content (AvgIpc) is 3.72. The highest BCUT2D eigenvalue weighted by Gasteiger charge is 2.33. The first-order chi connectivity index (χ1) is 23.6. The number of nitrogens with zero attached hydrogens (tertiary/aromatic N) is 3. The summed E-state index contributed by atoms with van der Waals surface area (Å²) in [5, 5.41) is 4.16. The first kappa shape index (κ1) is 38.3. The average molecular weight is 687 g/mol. The van der Waals surface area contributed by atoms with Gasteiger partial charge in [-0.15, -0.1) is 0 Å². The van der Waals surface area contributed by atoms with E-state index >= 15 is 0 Å². The molecule has 0 radical (unpaired) electrons. The van der Waals surface area contributed by atoms with Gasteiger partial charge in [0, 0.05) is 35.9 Å². The van der Waals surface area contributed by atoms with Gasteiger partial charge in [-0.2, -0.15) is 0 Å². The Labute approximate surface area is 297 Å². The molecule has 1 aromatic heterocycles. The van der Waals surface area contributed by atoms with Crippen LogP contribution >= 0.6 is 0 Å². The normalized spacial score (nSPS) is 14.6. The molecule has 4 rings (SSSR count). The molecule has 0 fully saturated rings. The first-order valence-corrected chi connectivity index (χ1v) is 17.9. The SMILES string of the molecule is CCCCCCCCCCc1[nH]c(-c2ccc(C3=NOC(C(=O)OC(C)(C)C)C3)cc2)nc1-c1ccc(C(=O)N(C)C(=O)OC(C)(C)C)cc1. The Bertz CT molecular complexity index is 1630. The smallest absolute Gasteiger partial charge is 0.417 e. The van der Waals surface area contributed by atoms with Crippen LogP contribution in [0.2, 0.25) is 0 Å². The van der Waals surface area contributed by atoms with Gasteiger partial charge in [0.25, 0.3) is 5.91 Å². The van der Waals surface area contributed by atoms with Gasteiger partial charge in [0.1, 0.15) is 17.0 Å². The van der Waals surface area contributed by atoms with Gasteiger partial charge in [-0.1, -0.05) is 93.4 Å². The second-order valence-corrected chi connectivity index (χ2v) is 15.0. The van der Waals surface area contributed by atoms with E-state index in [4.69, 9.17) is 19.3 Å². The molecule has 1 aliphatic heterocycles. The summed E-state index contributed by atoms with van der Waals surface area (Å²) in [5.41, 5.74) is 4.28. The molecule has 1 unspecified atom stereocenters. The van der Waals surface area contributed by atoms with E-state index in [1.54, 1.807) is 32.9 Å². The number of aromatic amines is 1. The Morgan fingerprint density at radius 3 is 1.96 bits per heavy atom. The molecular formula is C40H54N4O6. The molecule has 3 aromatic rings. The van der Waals surface area contributed by atoms with Gasteiger partial charge in [-0.05, 0) is 72.1 Å². The van der Waals surface area contributed by atoms with Crippen molar-refractivity contribution in [3.8, 4) is 22.6 Å². The highest BCUT2D eigenvalue weighted by atomic mass is 16.7. The summed E-state index contributed by atoms with van der Waals surface area (Å²) in [5.74, 6) is -0.128. The molecule has 0 spiro atoms. The number of aromatic nitrogens is 2. The second kappa shape index (κ2) is 17.0. The van der Waals surface area contributed by atoms with Gasteiger partial charge in [0.15, 0.2) is 0 Å². The van der Waals surface area contributed by atoms with Crippen molar-refractivity contribution in [3.63, 3.8) is 0 Å². The topological polar surface area (TPSA) is 123 Å². The number of carbonyl (C=O) groups excluding carboxylic acids is 3. The molecule has 2 heterocycles. The van der Waals surface area contributed by atoms with Gasteiger partial charge in [0.2, 0.25) is 6.10 Å².